The first-order valence-corrected chi connectivity index (χ1v) is 4.89. The molecule has 0 radical (unpaired) electrons. The van der Waals surface area contributed by atoms with E-state index in [9.17, 15) is 4.79 Å². The van der Waals surface area contributed by atoms with Crippen LogP contribution < -0.4 is 5.32 Å². The van der Waals surface area contributed by atoms with E-state index >= 15 is 0 Å². The van der Waals surface area contributed by atoms with Crippen LogP contribution in [0.1, 0.15) is 31.1 Å². The second kappa shape index (κ2) is 4.34. The third-order valence-corrected chi connectivity index (χ3v) is 1.84. The molecule has 0 fully saturated rings. The van der Waals surface area contributed by atoms with Crippen LogP contribution in [0.25, 0.3) is 0 Å². The lowest BCUT2D eigenvalue weighted by Gasteiger charge is -2.23. The lowest BCUT2D eigenvalue weighted by Crippen LogP contribution is -2.27. The molecule has 3 nitrogen and oxygen atoms in total. The Morgan fingerprint density at radius 2 is 1.87 bits per heavy atom. The Labute approximate surface area is 90.4 Å². The first-order chi connectivity index (χ1) is 6.94. The van der Waals surface area contributed by atoms with E-state index in [0.717, 1.165) is 5.69 Å². The molecule has 1 aromatic rings. The highest BCUT2D eigenvalue weighted by molar-refractivity contribution is 5.95. The summed E-state index contributed by atoms with van der Waals surface area (Å²) in [5.74, 6) is -0.317. The number of ether oxygens (including phenoxy) is 1. The lowest BCUT2D eigenvalue weighted by atomic mass is 10.1. The van der Waals surface area contributed by atoms with E-state index in [1.807, 2.05) is 39.0 Å². The van der Waals surface area contributed by atoms with Crippen LogP contribution in [-0.4, -0.2) is 18.6 Å². The average Bonchev–Trinajstić information content (AvgIpc) is 2.15. The fourth-order valence-corrected chi connectivity index (χ4v) is 1.28. The average molecular weight is 207 g/mol. The van der Waals surface area contributed by atoms with Gasteiger partial charge in [-0.2, -0.15) is 0 Å². The molecule has 0 amide bonds. The smallest absolute Gasteiger partial charge is 0.339 e. The van der Waals surface area contributed by atoms with Gasteiger partial charge < -0.3 is 10.1 Å². The Hall–Kier alpha value is -1.51. The van der Waals surface area contributed by atoms with E-state index < -0.39 is 0 Å². The minimum absolute atomic E-state index is 0.0792. The summed E-state index contributed by atoms with van der Waals surface area (Å²) in [6.07, 6.45) is 0. The highest BCUT2D eigenvalue weighted by Crippen LogP contribution is 2.20. The third kappa shape index (κ3) is 3.27. The summed E-state index contributed by atoms with van der Waals surface area (Å²) in [5, 5.41) is 3.26. The van der Waals surface area contributed by atoms with E-state index in [1.165, 1.54) is 7.11 Å². The molecule has 0 heterocycles. The Kier molecular flexibility index (Phi) is 3.35. The Bertz CT molecular complexity index is 353. The fourth-order valence-electron chi connectivity index (χ4n) is 1.28. The number of hydrogen-bond acceptors (Lipinski definition) is 3. The van der Waals surface area contributed by atoms with Crippen LogP contribution in [-0.2, 0) is 4.74 Å². The number of carbonyl (C=O) groups is 1. The summed E-state index contributed by atoms with van der Waals surface area (Å²) in [6.45, 7) is 6.13. The monoisotopic (exact) mass is 207 g/mol. The minimum Gasteiger partial charge on any atom is -0.465 e. The van der Waals surface area contributed by atoms with Gasteiger partial charge in [-0.05, 0) is 32.9 Å². The van der Waals surface area contributed by atoms with Gasteiger partial charge in [0.1, 0.15) is 0 Å². The van der Waals surface area contributed by atoms with Gasteiger partial charge in [-0.3, -0.25) is 0 Å². The number of rotatable bonds is 2. The zero-order valence-corrected chi connectivity index (χ0v) is 9.63. The van der Waals surface area contributed by atoms with Crippen molar-refractivity contribution in [2.75, 3.05) is 12.4 Å². The van der Waals surface area contributed by atoms with Gasteiger partial charge >= 0.3 is 5.97 Å². The minimum atomic E-state index is -0.317. The molecule has 0 aliphatic heterocycles. The highest BCUT2D eigenvalue weighted by atomic mass is 16.5. The van der Waals surface area contributed by atoms with E-state index in [2.05, 4.69) is 5.32 Å². The quantitative estimate of drug-likeness (QED) is 0.758. The predicted molar refractivity (Wildman–Crippen MR) is 61.2 cm³/mol. The van der Waals surface area contributed by atoms with E-state index in [-0.39, 0.29) is 11.5 Å². The number of para-hydroxylation sites is 1. The lowest BCUT2D eigenvalue weighted by molar-refractivity contribution is 0.0602. The molecule has 0 spiro atoms. The molecule has 1 aromatic carbocycles. The van der Waals surface area contributed by atoms with Gasteiger partial charge in [-0.1, -0.05) is 12.1 Å². The van der Waals surface area contributed by atoms with E-state index in [1.54, 1.807) is 6.07 Å². The third-order valence-electron chi connectivity index (χ3n) is 1.84. The van der Waals surface area contributed by atoms with Crippen LogP contribution >= 0.6 is 0 Å². The van der Waals surface area contributed by atoms with Crippen LogP contribution in [0.4, 0.5) is 5.69 Å². The molecule has 3 heteroatoms. The van der Waals surface area contributed by atoms with Crippen LogP contribution in [0, 0.1) is 0 Å². The summed E-state index contributed by atoms with van der Waals surface area (Å²) < 4.78 is 4.71. The summed E-state index contributed by atoms with van der Waals surface area (Å²) >= 11 is 0. The van der Waals surface area contributed by atoms with Gasteiger partial charge in [-0.25, -0.2) is 4.79 Å². The largest absolute Gasteiger partial charge is 0.465 e. The summed E-state index contributed by atoms with van der Waals surface area (Å²) in [6, 6.07) is 7.33. The Balaban J connectivity index is 3.02. The van der Waals surface area contributed by atoms with Crippen LogP contribution in [0.2, 0.25) is 0 Å². The SMILES string of the molecule is COC(=O)c1ccccc1NC(C)(C)C. The summed E-state index contributed by atoms with van der Waals surface area (Å²) in [5.41, 5.74) is 1.29. The van der Waals surface area contributed by atoms with E-state index in [4.69, 9.17) is 4.74 Å². The topological polar surface area (TPSA) is 38.3 Å². The number of hydrogen-bond donors (Lipinski definition) is 1. The van der Waals surface area contributed by atoms with Crippen LogP contribution in [0.15, 0.2) is 24.3 Å². The van der Waals surface area contributed by atoms with Crippen LogP contribution in [0.5, 0.6) is 0 Å². The molecule has 0 aliphatic carbocycles. The first kappa shape index (κ1) is 11.6. The molecule has 1 rings (SSSR count). The first-order valence-electron chi connectivity index (χ1n) is 4.89. The molecule has 0 aliphatic rings. The molecule has 0 saturated heterocycles. The van der Waals surface area contributed by atoms with Gasteiger partial charge in [-0.15, -0.1) is 0 Å². The van der Waals surface area contributed by atoms with Crippen molar-refractivity contribution in [2.24, 2.45) is 0 Å². The molecule has 1 N–H and O–H groups in total. The van der Waals surface area contributed by atoms with Crippen LogP contribution in [0.3, 0.4) is 0 Å². The van der Waals surface area contributed by atoms with Crippen molar-refractivity contribution in [1.29, 1.82) is 0 Å². The molecular weight excluding hydrogens is 190 g/mol. The number of anilines is 1. The molecule has 0 atom stereocenters. The summed E-state index contributed by atoms with van der Waals surface area (Å²) in [7, 11) is 1.39. The van der Waals surface area contributed by atoms with Gasteiger partial charge in [0.25, 0.3) is 0 Å². The number of methoxy groups -OCH3 is 1. The highest BCUT2D eigenvalue weighted by Gasteiger charge is 2.15. The molecule has 0 saturated carbocycles. The maximum Gasteiger partial charge on any atom is 0.339 e. The second-order valence-electron chi connectivity index (χ2n) is 4.41. The van der Waals surface area contributed by atoms with Crippen molar-refractivity contribution in [3.05, 3.63) is 29.8 Å². The number of benzene rings is 1. The zero-order valence-electron chi connectivity index (χ0n) is 9.63. The van der Waals surface area contributed by atoms with Gasteiger partial charge in [0, 0.05) is 11.2 Å². The van der Waals surface area contributed by atoms with Crippen molar-refractivity contribution in [2.45, 2.75) is 26.3 Å². The van der Waals surface area contributed by atoms with Crippen molar-refractivity contribution >= 4 is 11.7 Å². The predicted octanol–water partition coefficient (Wildman–Crippen LogP) is 2.68. The molecule has 0 unspecified atom stereocenters. The normalized spacial score (nSPS) is 10.9. The Morgan fingerprint density at radius 3 is 2.40 bits per heavy atom. The zero-order chi connectivity index (χ0) is 11.5. The maximum absolute atomic E-state index is 11.5. The van der Waals surface area contributed by atoms with Gasteiger partial charge in [0.2, 0.25) is 0 Å². The number of esters is 1. The molecule has 0 aromatic heterocycles. The molecular formula is C12H17NO2. The van der Waals surface area contributed by atoms with Crippen molar-refractivity contribution < 1.29 is 9.53 Å². The number of nitrogens with one attached hydrogen (secondary N) is 1. The van der Waals surface area contributed by atoms with Gasteiger partial charge in [0.15, 0.2) is 0 Å². The number of carbonyl (C=O) groups excluding carboxylic acids is 1. The maximum atomic E-state index is 11.5. The van der Waals surface area contributed by atoms with Crippen molar-refractivity contribution in [3.63, 3.8) is 0 Å². The second-order valence-corrected chi connectivity index (χ2v) is 4.41. The molecule has 0 bridgehead atoms. The molecule has 15 heavy (non-hydrogen) atoms. The molecule has 82 valence electrons. The Morgan fingerprint density at radius 1 is 1.27 bits per heavy atom. The summed E-state index contributed by atoms with van der Waals surface area (Å²) in [4.78, 5) is 11.5. The van der Waals surface area contributed by atoms with E-state index in [0.29, 0.717) is 5.56 Å². The van der Waals surface area contributed by atoms with Gasteiger partial charge in [0.05, 0.1) is 12.7 Å². The standard InChI is InChI=1S/C12H17NO2/c1-12(2,3)13-10-8-6-5-7-9(10)11(14)15-4/h5-8,13H,1-4H3. The van der Waals surface area contributed by atoms with Crippen molar-refractivity contribution in [1.82, 2.24) is 0 Å². The fraction of sp³-hybridized carbons (Fsp3) is 0.417. The van der Waals surface area contributed by atoms with Crippen molar-refractivity contribution in [3.8, 4) is 0 Å².